The fourth-order valence-corrected chi connectivity index (χ4v) is 1.93. The molecule has 1 aromatic heterocycles. The number of fused-ring (bicyclic) bond motifs is 4. The summed E-state index contributed by atoms with van der Waals surface area (Å²) in [6.45, 7) is 0.370. The Balaban J connectivity index is 2.14. The van der Waals surface area contributed by atoms with Crippen LogP contribution in [0.2, 0.25) is 0 Å². The Hall–Kier alpha value is -1.43. The van der Waals surface area contributed by atoms with E-state index in [1.807, 2.05) is 0 Å². The molecule has 0 aromatic carbocycles. The second-order valence-electron chi connectivity index (χ2n) is 3.68. The van der Waals surface area contributed by atoms with Gasteiger partial charge >= 0.3 is 11.6 Å². The summed E-state index contributed by atoms with van der Waals surface area (Å²) < 4.78 is 25.4. The van der Waals surface area contributed by atoms with Crippen molar-refractivity contribution in [2.45, 2.75) is 25.2 Å². The summed E-state index contributed by atoms with van der Waals surface area (Å²) >= 11 is 0. The van der Waals surface area contributed by atoms with Gasteiger partial charge in [0.2, 0.25) is 5.82 Å². The van der Waals surface area contributed by atoms with E-state index in [2.05, 4.69) is 4.98 Å². The van der Waals surface area contributed by atoms with Crippen molar-refractivity contribution >= 4 is 0 Å². The summed E-state index contributed by atoms with van der Waals surface area (Å²) in [5.74, 6) is -0.878. The molecule has 2 aliphatic rings. The van der Waals surface area contributed by atoms with Crippen molar-refractivity contribution in [3.05, 3.63) is 22.4 Å². The molecule has 0 aliphatic carbocycles. The van der Waals surface area contributed by atoms with Crippen molar-refractivity contribution in [1.29, 1.82) is 0 Å². The van der Waals surface area contributed by atoms with E-state index in [1.165, 1.54) is 4.57 Å². The molecule has 0 amide bonds. The maximum Gasteiger partial charge on any atom is 0.311 e. The van der Waals surface area contributed by atoms with Gasteiger partial charge in [0.25, 0.3) is 0 Å². The Labute approximate surface area is 84.4 Å². The predicted octanol–water partition coefficient (Wildman–Crippen LogP) is 0.452. The number of aromatic nitrogens is 2. The lowest BCUT2D eigenvalue weighted by Crippen LogP contribution is -2.21. The first-order valence-corrected chi connectivity index (χ1v) is 4.81. The monoisotopic (exact) mass is 212 g/mol. The van der Waals surface area contributed by atoms with Crippen molar-refractivity contribution in [3.63, 3.8) is 0 Å². The van der Waals surface area contributed by atoms with E-state index in [0.29, 0.717) is 6.61 Å². The molecule has 6 heteroatoms. The molecule has 3 heterocycles. The topological polar surface area (TPSA) is 53.4 Å². The lowest BCUT2D eigenvalue weighted by molar-refractivity contribution is 0.00417. The summed E-state index contributed by atoms with van der Waals surface area (Å²) in [7, 11) is 0. The van der Waals surface area contributed by atoms with Crippen LogP contribution in [-0.2, 0) is 4.74 Å². The molecule has 3 rings (SSSR count). The Morgan fingerprint density at radius 3 is 3.27 bits per heavy atom. The number of ether oxygens (including phenoxy) is 2. The highest BCUT2D eigenvalue weighted by atomic mass is 19.1. The van der Waals surface area contributed by atoms with Crippen molar-refractivity contribution in [1.82, 2.24) is 9.55 Å². The highest BCUT2D eigenvalue weighted by Crippen LogP contribution is 2.33. The van der Waals surface area contributed by atoms with E-state index in [0.717, 1.165) is 19.0 Å². The molecule has 80 valence electrons. The Bertz CT molecular complexity index is 459. The van der Waals surface area contributed by atoms with Gasteiger partial charge in [0, 0.05) is 0 Å². The van der Waals surface area contributed by atoms with Crippen LogP contribution in [0.3, 0.4) is 0 Å². The second kappa shape index (κ2) is 3.03. The number of rotatable bonds is 0. The molecule has 2 unspecified atom stereocenters. The molecule has 2 atom stereocenters. The molecule has 2 bridgehead atoms. The van der Waals surface area contributed by atoms with Gasteiger partial charge in [-0.1, -0.05) is 0 Å². The van der Waals surface area contributed by atoms with Crippen LogP contribution in [0.4, 0.5) is 4.39 Å². The molecule has 2 aliphatic heterocycles. The molecule has 0 saturated carbocycles. The van der Waals surface area contributed by atoms with Crippen molar-refractivity contribution in [3.8, 4) is 6.01 Å². The standard InChI is InChI=1S/C9H9FN2O3/c10-6-3-12-7-2-1-5(15-7)4-14-9(12)11-8(6)13/h3,5,7H,1-2,4H2. The number of halogens is 1. The smallest absolute Gasteiger partial charge is 0.311 e. The normalized spacial score (nSPS) is 28.1. The molecule has 0 spiro atoms. The van der Waals surface area contributed by atoms with Crippen molar-refractivity contribution in [2.75, 3.05) is 6.61 Å². The van der Waals surface area contributed by atoms with E-state index in [9.17, 15) is 9.18 Å². The first-order valence-electron chi connectivity index (χ1n) is 4.81. The highest BCUT2D eigenvalue weighted by Gasteiger charge is 2.32. The van der Waals surface area contributed by atoms with Gasteiger partial charge in [0.1, 0.15) is 12.8 Å². The SMILES string of the molecule is O=c1nc2n(cc1F)C1CCC(CO2)O1. The van der Waals surface area contributed by atoms with E-state index < -0.39 is 11.4 Å². The van der Waals surface area contributed by atoms with Gasteiger partial charge in [-0.3, -0.25) is 9.36 Å². The van der Waals surface area contributed by atoms with Gasteiger partial charge < -0.3 is 9.47 Å². The molecule has 0 N–H and O–H groups in total. The molecule has 1 saturated heterocycles. The quantitative estimate of drug-likeness (QED) is 0.626. The van der Waals surface area contributed by atoms with Gasteiger partial charge in [0.15, 0.2) is 0 Å². The lowest BCUT2D eigenvalue weighted by atomic mass is 10.2. The van der Waals surface area contributed by atoms with E-state index in [1.54, 1.807) is 0 Å². The van der Waals surface area contributed by atoms with Gasteiger partial charge in [-0.2, -0.15) is 9.37 Å². The van der Waals surface area contributed by atoms with Crippen LogP contribution in [0.1, 0.15) is 19.1 Å². The van der Waals surface area contributed by atoms with E-state index in [-0.39, 0.29) is 18.3 Å². The third-order valence-electron chi connectivity index (χ3n) is 2.67. The van der Waals surface area contributed by atoms with Gasteiger partial charge in [0.05, 0.1) is 12.3 Å². The average Bonchev–Trinajstić information content (AvgIpc) is 2.60. The Morgan fingerprint density at radius 1 is 1.53 bits per heavy atom. The van der Waals surface area contributed by atoms with Crippen LogP contribution in [0.15, 0.2) is 11.0 Å². The van der Waals surface area contributed by atoms with Crippen LogP contribution >= 0.6 is 0 Å². The zero-order chi connectivity index (χ0) is 10.4. The Kier molecular flexibility index (Phi) is 1.79. The van der Waals surface area contributed by atoms with Gasteiger partial charge in [-0.25, -0.2) is 0 Å². The predicted molar refractivity (Wildman–Crippen MR) is 47.1 cm³/mol. The molecular weight excluding hydrogens is 203 g/mol. The van der Waals surface area contributed by atoms with Crippen LogP contribution in [-0.4, -0.2) is 22.3 Å². The summed E-state index contributed by atoms with van der Waals surface area (Å²) in [5.41, 5.74) is -0.890. The van der Waals surface area contributed by atoms with Gasteiger partial charge in [-0.05, 0) is 12.8 Å². The average molecular weight is 212 g/mol. The lowest BCUT2D eigenvalue weighted by Gasteiger charge is -2.14. The zero-order valence-electron chi connectivity index (χ0n) is 7.85. The summed E-state index contributed by atoms with van der Waals surface area (Å²) in [4.78, 5) is 14.5. The minimum atomic E-state index is -0.890. The van der Waals surface area contributed by atoms with Crippen LogP contribution < -0.4 is 10.3 Å². The summed E-state index contributed by atoms with van der Waals surface area (Å²) in [6.07, 6.45) is 2.55. The van der Waals surface area contributed by atoms with Crippen LogP contribution in [0, 0.1) is 5.82 Å². The zero-order valence-corrected chi connectivity index (χ0v) is 7.85. The molecular formula is C9H9FN2O3. The molecule has 0 radical (unpaired) electrons. The largest absolute Gasteiger partial charge is 0.462 e. The first-order chi connectivity index (χ1) is 7.24. The number of hydrogen-bond donors (Lipinski definition) is 0. The van der Waals surface area contributed by atoms with Crippen LogP contribution in [0.5, 0.6) is 6.01 Å². The molecule has 1 aromatic rings. The first kappa shape index (κ1) is 8.84. The third-order valence-corrected chi connectivity index (χ3v) is 2.67. The summed E-state index contributed by atoms with van der Waals surface area (Å²) in [6, 6.07) is 0.147. The molecule has 1 fully saturated rings. The maximum absolute atomic E-state index is 13.1. The second-order valence-corrected chi connectivity index (χ2v) is 3.68. The Morgan fingerprint density at radius 2 is 2.40 bits per heavy atom. The number of hydrogen-bond acceptors (Lipinski definition) is 4. The van der Waals surface area contributed by atoms with Crippen molar-refractivity contribution in [2.24, 2.45) is 0 Å². The third kappa shape index (κ3) is 1.32. The van der Waals surface area contributed by atoms with Crippen LogP contribution in [0.25, 0.3) is 0 Å². The van der Waals surface area contributed by atoms with E-state index in [4.69, 9.17) is 9.47 Å². The highest BCUT2D eigenvalue weighted by molar-refractivity contribution is 5.04. The summed E-state index contributed by atoms with van der Waals surface area (Å²) in [5, 5.41) is 0. The minimum absolute atomic E-state index is 0.0230. The fourth-order valence-electron chi connectivity index (χ4n) is 1.93. The van der Waals surface area contributed by atoms with Gasteiger partial charge in [-0.15, -0.1) is 0 Å². The minimum Gasteiger partial charge on any atom is -0.462 e. The van der Waals surface area contributed by atoms with Crippen molar-refractivity contribution < 1.29 is 13.9 Å². The fraction of sp³-hybridized carbons (Fsp3) is 0.556. The van der Waals surface area contributed by atoms with E-state index >= 15 is 0 Å². The molecule has 5 nitrogen and oxygen atoms in total. The number of nitrogens with zero attached hydrogens (tertiary/aromatic N) is 2. The molecule has 15 heavy (non-hydrogen) atoms. The maximum atomic E-state index is 13.1.